The molecule has 0 amide bonds. The van der Waals surface area contributed by atoms with Gasteiger partial charge in [-0.15, -0.1) is 0 Å². The monoisotopic (exact) mass is 378 g/mol. The van der Waals surface area contributed by atoms with Gasteiger partial charge in [-0.3, -0.25) is 4.79 Å². The number of fused-ring (bicyclic) bond motifs is 1. The largest absolute Gasteiger partial charge is 0.427 e. The molecule has 0 aliphatic heterocycles. The van der Waals surface area contributed by atoms with E-state index in [0.29, 0.717) is 29.7 Å². The number of aromatic nitrogens is 6. The second-order valence-corrected chi connectivity index (χ2v) is 6.37. The third-order valence-corrected chi connectivity index (χ3v) is 4.44. The lowest BCUT2D eigenvalue weighted by Crippen LogP contribution is -2.12. The number of esters is 1. The first-order chi connectivity index (χ1) is 13.5. The molecule has 0 fully saturated rings. The molecule has 9 heteroatoms. The molecule has 9 nitrogen and oxygen atoms in total. The van der Waals surface area contributed by atoms with Crippen molar-refractivity contribution in [1.29, 1.82) is 0 Å². The molecular weight excluding hydrogens is 360 g/mol. The number of hydrogen-bond donors (Lipinski definition) is 0. The first kappa shape index (κ1) is 17.8. The highest BCUT2D eigenvalue weighted by Gasteiger charge is 2.14. The van der Waals surface area contributed by atoms with Gasteiger partial charge in [0.2, 0.25) is 11.7 Å². The molecule has 3 aromatic heterocycles. The summed E-state index contributed by atoms with van der Waals surface area (Å²) in [6.07, 6.45) is 2.21. The highest BCUT2D eigenvalue weighted by Crippen LogP contribution is 2.21. The Labute approximate surface area is 160 Å². The predicted molar refractivity (Wildman–Crippen MR) is 98.7 cm³/mol. The SMILES string of the molecule is Cc1nc(-c2ccc(OC(=O)CCc3c(C)nc4ncnn4c3C)cc2)no1. The molecule has 0 aliphatic carbocycles. The fourth-order valence-corrected chi connectivity index (χ4v) is 3.02. The molecular formula is C19H18N6O3. The smallest absolute Gasteiger partial charge is 0.311 e. The van der Waals surface area contributed by atoms with E-state index < -0.39 is 0 Å². The fourth-order valence-electron chi connectivity index (χ4n) is 3.02. The molecule has 0 bridgehead atoms. The summed E-state index contributed by atoms with van der Waals surface area (Å²) in [7, 11) is 0. The number of nitrogens with zero attached hydrogens (tertiary/aromatic N) is 6. The van der Waals surface area contributed by atoms with E-state index in [9.17, 15) is 4.79 Å². The van der Waals surface area contributed by atoms with Crippen molar-refractivity contribution < 1.29 is 14.1 Å². The van der Waals surface area contributed by atoms with E-state index in [4.69, 9.17) is 9.26 Å². The number of hydrogen-bond acceptors (Lipinski definition) is 8. The van der Waals surface area contributed by atoms with E-state index in [0.717, 1.165) is 22.5 Å². The Morgan fingerprint density at radius 3 is 2.64 bits per heavy atom. The second kappa shape index (κ2) is 7.18. The van der Waals surface area contributed by atoms with Crippen molar-refractivity contribution in [2.45, 2.75) is 33.6 Å². The van der Waals surface area contributed by atoms with E-state index in [-0.39, 0.29) is 12.4 Å². The molecule has 0 atom stereocenters. The number of carbonyl (C=O) groups is 1. The minimum Gasteiger partial charge on any atom is -0.427 e. The Kier molecular flexibility index (Phi) is 4.56. The minimum atomic E-state index is -0.319. The van der Waals surface area contributed by atoms with E-state index in [1.165, 1.54) is 6.33 Å². The van der Waals surface area contributed by atoms with Crippen molar-refractivity contribution >= 4 is 11.7 Å². The topological polar surface area (TPSA) is 108 Å². The summed E-state index contributed by atoms with van der Waals surface area (Å²) < 4.78 is 12.1. The van der Waals surface area contributed by atoms with Gasteiger partial charge in [0.15, 0.2) is 0 Å². The summed E-state index contributed by atoms with van der Waals surface area (Å²) in [4.78, 5) is 24.9. The number of benzene rings is 1. The summed E-state index contributed by atoms with van der Waals surface area (Å²) in [5.41, 5.74) is 3.52. The third kappa shape index (κ3) is 3.46. The van der Waals surface area contributed by atoms with Crippen LogP contribution in [0.1, 0.15) is 29.3 Å². The van der Waals surface area contributed by atoms with Crippen molar-refractivity contribution in [2.75, 3.05) is 0 Å². The molecule has 0 saturated carbocycles. The Bertz CT molecular complexity index is 1150. The minimum absolute atomic E-state index is 0.231. The maximum Gasteiger partial charge on any atom is 0.311 e. The zero-order valence-electron chi connectivity index (χ0n) is 15.7. The number of carbonyl (C=O) groups excluding carboxylic acids is 1. The molecule has 4 rings (SSSR count). The van der Waals surface area contributed by atoms with E-state index in [1.807, 2.05) is 13.8 Å². The molecule has 0 N–H and O–H groups in total. The van der Waals surface area contributed by atoms with Crippen LogP contribution < -0.4 is 4.74 Å². The van der Waals surface area contributed by atoms with Crippen LogP contribution in [0.5, 0.6) is 5.75 Å². The zero-order chi connectivity index (χ0) is 19.7. The van der Waals surface area contributed by atoms with Crippen molar-refractivity contribution in [3.63, 3.8) is 0 Å². The molecule has 142 valence electrons. The predicted octanol–water partition coefficient (Wildman–Crippen LogP) is 2.64. The summed E-state index contributed by atoms with van der Waals surface area (Å²) in [5, 5.41) is 8.02. The van der Waals surface area contributed by atoms with Crippen LogP contribution in [-0.2, 0) is 11.2 Å². The summed E-state index contributed by atoms with van der Waals surface area (Å²) in [6.45, 7) is 5.57. The summed E-state index contributed by atoms with van der Waals surface area (Å²) in [5.74, 6) is 1.69. The Morgan fingerprint density at radius 2 is 1.93 bits per heavy atom. The van der Waals surface area contributed by atoms with Crippen LogP contribution in [0.3, 0.4) is 0 Å². The number of rotatable bonds is 5. The molecule has 0 unspecified atom stereocenters. The van der Waals surface area contributed by atoms with Gasteiger partial charge >= 0.3 is 5.97 Å². The van der Waals surface area contributed by atoms with Gasteiger partial charge in [0.05, 0.1) is 6.42 Å². The summed E-state index contributed by atoms with van der Waals surface area (Å²) >= 11 is 0. The quantitative estimate of drug-likeness (QED) is 0.385. The molecule has 0 spiro atoms. The zero-order valence-corrected chi connectivity index (χ0v) is 15.7. The van der Waals surface area contributed by atoms with Gasteiger partial charge in [-0.25, -0.2) is 9.50 Å². The standard InChI is InChI=1S/C19H18N6O3/c1-11-16(12(2)25-19(22-11)20-10-21-25)8-9-17(26)27-15-6-4-14(5-7-15)18-23-13(3)28-24-18/h4-7,10H,8-9H2,1-3H3. The Balaban J connectivity index is 1.41. The Morgan fingerprint density at radius 1 is 1.14 bits per heavy atom. The van der Waals surface area contributed by atoms with Crippen molar-refractivity contribution in [3.8, 4) is 17.1 Å². The molecule has 28 heavy (non-hydrogen) atoms. The lowest BCUT2D eigenvalue weighted by molar-refractivity contribution is -0.134. The van der Waals surface area contributed by atoms with Gasteiger partial charge in [-0.05, 0) is 50.1 Å². The van der Waals surface area contributed by atoms with Crippen LogP contribution in [0.4, 0.5) is 0 Å². The van der Waals surface area contributed by atoms with Gasteiger partial charge in [-0.2, -0.15) is 15.1 Å². The van der Waals surface area contributed by atoms with Crippen LogP contribution in [0.25, 0.3) is 17.2 Å². The van der Waals surface area contributed by atoms with Gasteiger partial charge in [-0.1, -0.05) is 5.16 Å². The Hall–Kier alpha value is -3.62. The van der Waals surface area contributed by atoms with Crippen molar-refractivity contribution in [2.24, 2.45) is 0 Å². The number of ether oxygens (including phenoxy) is 1. The van der Waals surface area contributed by atoms with E-state index >= 15 is 0 Å². The second-order valence-electron chi connectivity index (χ2n) is 6.37. The normalized spacial score (nSPS) is 11.1. The van der Waals surface area contributed by atoms with Crippen LogP contribution in [0.2, 0.25) is 0 Å². The third-order valence-electron chi connectivity index (χ3n) is 4.44. The maximum atomic E-state index is 12.3. The molecule has 0 radical (unpaired) electrons. The van der Waals surface area contributed by atoms with Gasteiger partial charge in [0, 0.05) is 23.9 Å². The van der Waals surface area contributed by atoms with Gasteiger partial charge < -0.3 is 9.26 Å². The average molecular weight is 378 g/mol. The summed E-state index contributed by atoms with van der Waals surface area (Å²) in [6, 6.07) is 6.98. The number of aryl methyl sites for hydroxylation is 3. The van der Waals surface area contributed by atoms with Gasteiger partial charge in [0.1, 0.15) is 12.1 Å². The maximum absolute atomic E-state index is 12.3. The van der Waals surface area contributed by atoms with Crippen LogP contribution >= 0.6 is 0 Å². The van der Waals surface area contributed by atoms with Crippen LogP contribution in [-0.4, -0.2) is 35.7 Å². The van der Waals surface area contributed by atoms with E-state index in [1.54, 1.807) is 35.7 Å². The highest BCUT2D eigenvalue weighted by atomic mass is 16.5. The fraction of sp³-hybridized carbons (Fsp3) is 0.263. The lowest BCUT2D eigenvalue weighted by Gasteiger charge is -2.10. The molecule has 1 aromatic carbocycles. The van der Waals surface area contributed by atoms with Crippen molar-refractivity contribution in [3.05, 3.63) is 53.4 Å². The average Bonchev–Trinajstić information content (AvgIpc) is 3.31. The molecule has 0 saturated heterocycles. The lowest BCUT2D eigenvalue weighted by atomic mass is 10.1. The van der Waals surface area contributed by atoms with E-state index in [2.05, 4.69) is 25.2 Å². The first-order valence-corrected chi connectivity index (χ1v) is 8.78. The molecule has 4 aromatic rings. The van der Waals surface area contributed by atoms with Gasteiger partial charge in [0.25, 0.3) is 5.78 Å². The first-order valence-electron chi connectivity index (χ1n) is 8.78. The van der Waals surface area contributed by atoms with Crippen molar-refractivity contribution in [1.82, 2.24) is 29.7 Å². The highest BCUT2D eigenvalue weighted by molar-refractivity contribution is 5.73. The molecule has 0 aliphatic rings. The van der Waals surface area contributed by atoms with Crippen LogP contribution in [0.15, 0.2) is 35.1 Å². The molecule has 3 heterocycles. The van der Waals surface area contributed by atoms with Crippen LogP contribution in [0, 0.1) is 20.8 Å².